The summed E-state index contributed by atoms with van der Waals surface area (Å²) in [5.74, 6) is -0.869. The fourth-order valence-electron chi connectivity index (χ4n) is 5.22. The second kappa shape index (κ2) is 11.0. The first-order valence-corrected chi connectivity index (χ1v) is 12.7. The Morgan fingerprint density at radius 3 is 2.39 bits per heavy atom. The molecule has 2 atom stereocenters. The molecule has 1 N–H and O–H groups in total. The highest BCUT2D eigenvalue weighted by Gasteiger charge is 2.51. The van der Waals surface area contributed by atoms with Crippen LogP contribution in [0.15, 0.2) is 84.9 Å². The van der Waals surface area contributed by atoms with E-state index in [1.807, 2.05) is 48.5 Å². The van der Waals surface area contributed by atoms with Crippen molar-refractivity contribution in [3.63, 3.8) is 0 Å². The van der Waals surface area contributed by atoms with Crippen molar-refractivity contribution < 1.29 is 18.8 Å². The van der Waals surface area contributed by atoms with Crippen molar-refractivity contribution in [2.45, 2.75) is 25.0 Å². The normalized spacial score (nSPS) is 19.9. The van der Waals surface area contributed by atoms with E-state index in [1.165, 1.54) is 33.7 Å². The van der Waals surface area contributed by atoms with Gasteiger partial charge in [-0.1, -0.05) is 66.7 Å². The Labute approximate surface area is 221 Å². The van der Waals surface area contributed by atoms with E-state index in [-0.39, 0.29) is 24.9 Å². The van der Waals surface area contributed by atoms with Gasteiger partial charge in [0.15, 0.2) is 0 Å². The van der Waals surface area contributed by atoms with Crippen LogP contribution in [0.5, 0.6) is 0 Å². The number of aryl methyl sites for hydroxylation is 1. The van der Waals surface area contributed by atoms with Gasteiger partial charge in [0.1, 0.15) is 18.0 Å². The molecule has 0 spiro atoms. The second-order valence-electron chi connectivity index (χ2n) is 9.57. The molecule has 9 heteroatoms. The maximum atomic E-state index is 13.8. The molecule has 5 rings (SSSR count). The number of halogens is 1. The molecule has 196 valence electrons. The number of nitrogens with one attached hydrogen (secondary N) is 1. The third kappa shape index (κ3) is 5.24. The zero-order chi connectivity index (χ0) is 26.6. The number of hydrazine groups is 1. The minimum atomic E-state index is -0.850. The topological polar surface area (TPSA) is 76.2 Å². The van der Waals surface area contributed by atoms with Crippen LogP contribution in [0.4, 0.5) is 14.9 Å². The molecule has 0 radical (unpaired) electrons. The van der Waals surface area contributed by atoms with Crippen LogP contribution in [-0.4, -0.2) is 70.5 Å². The first kappa shape index (κ1) is 25.4. The molecule has 2 aliphatic heterocycles. The predicted octanol–water partition coefficient (Wildman–Crippen LogP) is 3.89. The second-order valence-corrected chi connectivity index (χ2v) is 9.57. The summed E-state index contributed by atoms with van der Waals surface area (Å²) < 4.78 is 13.8. The van der Waals surface area contributed by atoms with Crippen molar-refractivity contribution in [2.75, 3.05) is 32.0 Å². The maximum absolute atomic E-state index is 13.8. The van der Waals surface area contributed by atoms with Crippen molar-refractivity contribution in [3.05, 3.63) is 102 Å². The largest absolute Gasteiger partial charge is 0.338 e. The summed E-state index contributed by atoms with van der Waals surface area (Å²) in [7, 11) is 1.66. The summed E-state index contributed by atoms with van der Waals surface area (Å²) in [5.41, 5.74) is 2.18. The fraction of sp³-hybridized carbons (Fsp3) is 0.276. The summed E-state index contributed by atoms with van der Waals surface area (Å²) in [4.78, 5) is 43.9. The van der Waals surface area contributed by atoms with Gasteiger partial charge in [0, 0.05) is 19.3 Å². The summed E-state index contributed by atoms with van der Waals surface area (Å²) >= 11 is 0. The number of hydrogen-bond donors (Lipinski definition) is 1. The molecule has 0 unspecified atom stereocenters. The van der Waals surface area contributed by atoms with Gasteiger partial charge in [-0.25, -0.2) is 19.2 Å². The minimum absolute atomic E-state index is 0.0717. The predicted molar refractivity (Wildman–Crippen MR) is 141 cm³/mol. The van der Waals surface area contributed by atoms with Crippen LogP contribution in [0.1, 0.15) is 23.6 Å². The lowest BCUT2D eigenvalue weighted by atomic mass is 9.98. The number of likely N-dealkylation sites (N-methyl/N-ethyl adjacent to an activating group) is 1. The molecular weight excluding hydrogens is 485 g/mol. The third-order valence-corrected chi connectivity index (χ3v) is 6.97. The van der Waals surface area contributed by atoms with Crippen LogP contribution in [0, 0.1) is 5.82 Å². The van der Waals surface area contributed by atoms with E-state index in [0.29, 0.717) is 17.8 Å². The quantitative estimate of drug-likeness (QED) is 0.541. The van der Waals surface area contributed by atoms with Crippen LogP contribution < -0.4 is 5.32 Å². The van der Waals surface area contributed by atoms with E-state index >= 15 is 0 Å². The van der Waals surface area contributed by atoms with E-state index in [1.54, 1.807) is 23.0 Å². The number of benzene rings is 3. The SMILES string of the molecule is CN1CC(=O)N2[C@@H](c3ccccc3)C(=O)N(CCCc3ccccc3)C[C@@H]2N1C(=O)Nc1cccc(F)c1. The van der Waals surface area contributed by atoms with Gasteiger partial charge in [-0.3, -0.25) is 9.59 Å². The van der Waals surface area contributed by atoms with Crippen LogP contribution in [0.25, 0.3) is 0 Å². The molecule has 0 aromatic heterocycles. The molecule has 2 fully saturated rings. The number of anilines is 1. The number of nitrogens with zero attached hydrogens (tertiary/aromatic N) is 4. The lowest BCUT2D eigenvalue weighted by Crippen LogP contribution is -2.73. The highest BCUT2D eigenvalue weighted by molar-refractivity contribution is 5.94. The van der Waals surface area contributed by atoms with Gasteiger partial charge >= 0.3 is 6.03 Å². The molecule has 38 heavy (non-hydrogen) atoms. The van der Waals surface area contributed by atoms with Crippen LogP contribution in [-0.2, 0) is 16.0 Å². The van der Waals surface area contributed by atoms with Crippen molar-refractivity contribution in [2.24, 2.45) is 0 Å². The van der Waals surface area contributed by atoms with E-state index in [4.69, 9.17) is 0 Å². The number of rotatable bonds is 6. The Kier molecular flexibility index (Phi) is 7.37. The number of hydrogen-bond acceptors (Lipinski definition) is 4. The lowest BCUT2D eigenvalue weighted by molar-refractivity contribution is -0.187. The van der Waals surface area contributed by atoms with Gasteiger partial charge in [0.2, 0.25) is 11.8 Å². The molecule has 2 aliphatic rings. The number of carbonyl (C=O) groups is 3. The first-order valence-electron chi connectivity index (χ1n) is 12.7. The summed E-state index contributed by atoms with van der Waals surface area (Å²) in [6.45, 7) is 0.583. The molecule has 8 nitrogen and oxygen atoms in total. The molecule has 2 saturated heterocycles. The summed E-state index contributed by atoms with van der Waals surface area (Å²) in [5, 5.41) is 5.75. The Bertz CT molecular complexity index is 1310. The monoisotopic (exact) mass is 515 g/mol. The molecule has 0 saturated carbocycles. The fourth-order valence-corrected chi connectivity index (χ4v) is 5.22. The van der Waals surface area contributed by atoms with Crippen LogP contribution in [0.3, 0.4) is 0 Å². The Hall–Kier alpha value is -4.24. The van der Waals surface area contributed by atoms with E-state index in [9.17, 15) is 18.8 Å². The van der Waals surface area contributed by atoms with Gasteiger partial charge < -0.3 is 15.1 Å². The standard InChI is InChI=1S/C29H30FN5O3/c1-32-20-26(36)34-25(35(32)29(38)31-24-16-8-15-23(30)18-24)19-33(17-9-12-21-10-4-2-5-11-21)28(37)27(34)22-13-6-3-7-14-22/h2-8,10-11,13-16,18,25,27H,9,12,17,19-20H2,1H3,(H,31,38)/t25-,27-/m0/s1. The van der Waals surface area contributed by atoms with E-state index in [2.05, 4.69) is 17.4 Å². The van der Waals surface area contributed by atoms with Gasteiger partial charge in [0.25, 0.3) is 0 Å². The third-order valence-electron chi connectivity index (χ3n) is 6.97. The minimum Gasteiger partial charge on any atom is -0.337 e. The zero-order valence-corrected chi connectivity index (χ0v) is 21.2. The number of amides is 4. The molecule has 3 aromatic rings. The Morgan fingerprint density at radius 2 is 1.68 bits per heavy atom. The van der Waals surface area contributed by atoms with Crippen molar-refractivity contribution in [1.29, 1.82) is 0 Å². The van der Waals surface area contributed by atoms with Gasteiger partial charge in [-0.2, -0.15) is 0 Å². The number of fused-ring (bicyclic) bond motifs is 1. The zero-order valence-electron chi connectivity index (χ0n) is 21.2. The van der Waals surface area contributed by atoms with E-state index < -0.39 is 24.1 Å². The van der Waals surface area contributed by atoms with E-state index in [0.717, 1.165) is 12.8 Å². The first-order chi connectivity index (χ1) is 18.4. The molecule has 3 aromatic carbocycles. The average molecular weight is 516 g/mol. The molecule has 0 bridgehead atoms. The molecule has 2 heterocycles. The number of carbonyl (C=O) groups excluding carboxylic acids is 3. The molecular formula is C29H30FN5O3. The summed E-state index contributed by atoms with van der Waals surface area (Å²) in [6, 6.07) is 23.5. The highest BCUT2D eigenvalue weighted by Crippen LogP contribution is 2.34. The van der Waals surface area contributed by atoms with Gasteiger partial charge in [0.05, 0.1) is 13.1 Å². The number of urea groups is 1. The molecule has 0 aliphatic carbocycles. The Morgan fingerprint density at radius 1 is 0.974 bits per heavy atom. The molecule has 4 amide bonds. The van der Waals surface area contributed by atoms with Crippen LogP contribution >= 0.6 is 0 Å². The lowest BCUT2D eigenvalue weighted by Gasteiger charge is -2.54. The average Bonchev–Trinajstić information content (AvgIpc) is 2.90. The number of piperazine rings is 1. The van der Waals surface area contributed by atoms with Crippen molar-refractivity contribution in [1.82, 2.24) is 19.8 Å². The Balaban J connectivity index is 1.44. The van der Waals surface area contributed by atoms with Crippen molar-refractivity contribution in [3.8, 4) is 0 Å². The highest BCUT2D eigenvalue weighted by atomic mass is 19.1. The van der Waals surface area contributed by atoms with Crippen LogP contribution in [0.2, 0.25) is 0 Å². The maximum Gasteiger partial charge on any atom is 0.338 e. The van der Waals surface area contributed by atoms with Gasteiger partial charge in [-0.15, -0.1) is 0 Å². The smallest absolute Gasteiger partial charge is 0.337 e. The van der Waals surface area contributed by atoms with Crippen molar-refractivity contribution >= 4 is 23.5 Å². The summed E-state index contributed by atoms with van der Waals surface area (Å²) in [6.07, 6.45) is 0.815. The van der Waals surface area contributed by atoms with Gasteiger partial charge in [-0.05, 0) is 42.2 Å².